The van der Waals surface area contributed by atoms with Crippen molar-refractivity contribution in [1.29, 1.82) is 0 Å². The van der Waals surface area contributed by atoms with E-state index in [1.54, 1.807) is 0 Å². The molecule has 0 aliphatic heterocycles. The predicted molar refractivity (Wildman–Crippen MR) is 89.1 cm³/mol. The van der Waals surface area contributed by atoms with Gasteiger partial charge in [-0.05, 0) is 34.6 Å². The monoisotopic (exact) mass is 300 g/mol. The lowest BCUT2D eigenvalue weighted by atomic mass is 10.4. The van der Waals surface area contributed by atoms with Gasteiger partial charge in [0.25, 0.3) is 0 Å². The van der Waals surface area contributed by atoms with E-state index in [1.165, 1.54) is 0 Å². The lowest BCUT2D eigenvalue weighted by Gasteiger charge is -2.38. The van der Waals surface area contributed by atoms with Gasteiger partial charge in [-0.3, -0.25) is 10.9 Å². The fraction of sp³-hybridized carbons (Fsp3) is 0.714. The van der Waals surface area contributed by atoms with Gasteiger partial charge < -0.3 is 4.43 Å². The molecule has 118 valence electrons. The number of nitrogens with one attached hydrogen (secondary N) is 2. The van der Waals surface area contributed by atoms with Gasteiger partial charge in [-0.15, -0.1) is 13.2 Å². The highest BCUT2D eigenvalue weighted by molar-refractivity contribution is 6.45. The molecule has 0 saturated heterocycles. The summed E-state index contributed by atoms with van der Waals surface area (Å²) in [5.41, 5.74) is 6.92. The minimum absolute atomic E-state index is 0.357. The molecule has 0 aliphatic carbocycles. The van der Waals surface area contributed by atoms with Crippen molar-refractivity contribution < 1.29 is 4.43 Å². The molecule has 5 nitrogen and oxygen atoms in total. The van der Waals surface area contributed by atoms with Crippen LogP contribution in [0.15, 0.2) is 25.3 Å². The highest BCUT2D eigenvalue weighted by Gasteiger charge is 2.29. The topological polar surface area (TPSA) is 39.8 Å². The third-order valence-corrected chi connectivity index (χ3v) is 4.77. The molecule has 0 bridgehead atoms. The molecule has 2 N–H and O–H groups in total. The van der Waals surface area contributed by atoms with Gasteiger partial charge in [0.2, 0.25) is 0 Å². The summed E-state index contributed by atoms with van der Waals surface area (Å²) < 4.78 is 10.4. The van der Waals surface area contributed by atoms with Crippen LogP contribution in [0.2, 0.25) is 0 Å². The average molecular weight is 301 g/mol. The van der Waals surface area contributed by atoms with Gasteiger partial charge in [0.1, 0.15) is 0 Å². The summed E-state index contributed by atoms with van der Waals surface area (Å²) >= 11 is 0. The minimum Gasteiger partial charge on any atom is -0.393 e. The summed E-state index contributed by atoms with van der Waals surface area (Å²) in [7, 11) is -1.81. The van der Waals surface area contributed by atoms with Gasteiger partial charge in [0.05, 0.1) is 0 Å². The summed E-state index contributed by atoms with van der Waals surface area (Å²) in [6, 6.07) is 0.713. The van der Waals surface area contributed by atoms with Crippen molar-refractivity contribution in [1.82, 2.24) is 20.2 Å². The maximum absolute atomic E-state index is 6.04. The standard InChI is InChI=1S/C14H32N4OSi/c1-8-11-17(15-13(4)5)20(19-10-3)18(12-9-2)16-14(6)7/h8-9,13-16,20H,1-2,10-12H2,3-7H3. The first kappa shape index (κ1) is 19.5. The molecular formula is C14H32N4OSi. The fourth-order valence-corrected chi connectivity index (χ4v) is 4.36. The van der Waals surface area contributed by atoms with Crippen LogP contribution >= 0.6 is 0 Å². The fourth-order valence-electron chi connectivity index (χ4n) is 1.85. The summed E-state index contributed by atoms with van der Waals surface area (Å²) in [6.07, 6.45) is 3.80. The van der Waals surface area contributed by atoms with Crippen molar-refractivity contribution >= 4 is 9.36 Å². The first-order valence-corrected chi connectivity index (χ1v) is 8.85. The summed E-state index contributed by atoms with van der Waals surface area (Å²) in [6.45, 7) is 20.4. The molecule has 0 radical (unpaired) electrons. The second kappa shape index (κ2) is 11.2. The Kier molecular flexibility index (Phi) is 10.9. The first-order valence-electron chi connectivity index (χ1n) is 7.35. The highest BCUT2D eigenvalue weighted by Crippen LogP contribution is 2.03. The second-order valence-electron chi connectivity index (χ2n) is 5.23. The number of hydrazine groups is 2. The first-order chi connectivity index (χ1) is 9.46. The van der Waals surface area contributed by atoms with E-state index < -0.39 is 9.36 Å². The van der Waals surface area contributed by atoms with E-state index in [2.05, 4.69) is 61.1 Å². The Bertz CT molecular complexity index is 250. The largest absolute Gasteiger partial charge is 0.393 e. The smallest absolute Gasteiger partial charge is 0.368 e. The number of hydrogen-bond acceptors (Lipinski definition) is 5. The number of hydrogen-bond donors (Lipinski definition) is 2. The predicted octanol–water partition coefficient (Wildman–Crippen LogP) is 1.54. The molecule has 0 amide bonds. The van der Waals surface area contributed by atoms with Crippen molar-refractivity contribution in [3.63, 3.8) is 0 Å². The lowest BCUT2D eigenvalue weighted by Crippen LogP contribution is -2.65. The van der Waals surface area contributed by atoms with Crippen LogP contribution in [0.5, 0.6) is 0 Å². The van der Waals surface area contributed by atoms with E-state index in [4.69, 9.17) is 4.43 Å². The van der Waals surface area contributed by atoms with Crippen LogP contribution in [-0.2, 0) is 4.43 Å². The highest BCUT2D eigenvalue weighted by atomic mass is 28.3. The Morgan fingerprint density at radius 2 is 1.40 bits per heavy atom. The molecule has 0 saturated carbocycles. The molecule has 0 fully saturated rings. The molecule has 0 spiro atoms. The van der Waals surface area contributed by atoms with Crippen molar-refractivity contribution in [2.75, 3.05) is 19.7 Å². The van der Waals surface area contributed by atoms with E-state index in [1.807, 2.05) is 19.1 Å². The van der Waals surface area contributed by atoms with Crippen molar-refractivity contribution in [3.8, 4) is 0 Å². The molecule has 0 aromatic heterocycles. The SMILES string of the molecule is C=CCN(NC(C)C)[SiH](OCC)N(CC=C)NC(C)C. The van der Waals surface area contributed by atoms with Crippen molar-refractivity contribution in [3.05, 3.63) is 25.3 Å². The molecule has 0 aliphatic rings. The van der Waals surface area contributed by atoms with Crippen LogP contribution in [0.3, 0.4) is 0 Å². The molecule has 0 aromatic carbocycles. The molecular weight excluding hydrogens is 268 g/mol. The Morgan fingerprint density at radius 1 is 1.00 bits per heavy atom. The lowest BCUT2D eigenvalue weighted by molar-refractivity contribution is 0.148. The normalized spacial score (nSPS) is 12.1. The van der Waals surface area contributed by atoms with Gasteiger partial charge >= 0.3 is 9.36 Å². The molecule has 0 rings (SSSR count). The maximum Gasteiger partial charge on any atom is 0.368 e. The molecule has 0 unspecified atom stereocenters. The molecule has 0 aromatic rings. The number of nitrogens with zero attached hydrogens (tertiary/aromatic N) is 2. The van der Waals surface area contributed by atoms with Crippen LogP contribution < -0.4 is 10.9 Å². The quantitative estimate of drug-likeness (QED) is 0.325. The van der Waals surface area contributed by atoms with E-state index in [9.17, 15) is 0 Å². The number of rotatable bonds is 12. The van der Waals surface area contributed by atoms with Crippen LogP contribution in [-0.4, -0.2) is 50.5 Å². The van der Waals surface area contributed by atoms with E-state index in [0.717, 1.165) is 13.1 Å². The molecule has 0 heterocycles. The van der Waals surface area contributed by atoms with Crippen molar-refractivity contribution in [2.24, 2.45) is 0 Å². The summed E-state index contributed by atoms with van der Waals surface area (Å²) in [4.78, 5) is 0. The zero-order valence-corrected chi connectivity index (χ0v) is 14.9. The van der Waals surface area contributed by atoms with Crippen LogP contribution in [0.1, 0.15) is 34.6 Å². The maximum atomic E-state index is 6.04. The van der Waals surface area contributed by atoms with Crippen LogP contribution in [0, 0.1) is 0 Å². The van der Waals surface area contributed by atoms with Gasteiger partial charge in [-0.1, -0.05) is 12.2 Å². The Balaban J connectivity index is 5.05. The van der Waals surface area contributed by atoms with Gasteiger partial charge in [0.15, 0.2) is 0 Å². The molecule has 20 heavy (non-hydrogen) atoms. The van der Waals surface area contributed by atoms with Gasteiger partial charge in [-0.25, -0.2) is 9.35 Å². The Labute approximate surface area is 126 Å². The van der Waals surface area contributed by atoms with E-state index >= 15 is 0 Å². The Morgan fingerprint density at radius 3 is 1.65 bits per heavy atom. The van der Waals surface area contributed by atoms with Crippen molar-refractivity contribution in [2.45, 2.75) is 46.7 Å². The Hall–Kier alpha value is -0.503. The summed E-state index contributed by atoms with van der Waals surface area (Å²) in [5.74, 6) is 0. The van der Waals surface area contributed by atoms with Gasteiger partial charge in [-0.2, -0.15) is 0 Å². The average Bonchev–Trinajstić information content (AvgIpc) is 2.34. The zero-order valence-electron chi connectivity index (χ0n) is 13.7. The van der Waals surface area contributed by atoms with E-state index in [-0.39, 0.29) is 0 Å². The minimum atomic E-state index is -1.81. The van der Waals surface area contributed by atoms with Crippen LogP contribution in [0.4, 0.5) is 0 Å². The third-order valence-electron chi connectivity index (χ3n) is 2.35. The molecule has 6 heteroatoms. The van der Waals surface area contributed by atoms with E-state index in [0.29, 0.717) is 18.7 Å². The second-order valence-corrected chi connectivity index (χ2v) is 7.46. The summed E-state index contributed by atoms with van der Waals surface area (Å²) in [5, 5.41) is 0. The molecule has 0 atom stereocenters. The van der Waals surface area contributed by atoms with Crippen LogP contribution in [0.25, 0.3) is 0 Å². The third kappa shape index (κ3) is 7.93. The van der Waals surface area contributed by atoms with Gasteiger partial charge in [0, 0.05) is 31.8 Å². The zero-order chi connectivity index (χ0) is 15.5.